The van der Waals surface area contributed by atoms with E-state index in [1.807, 2.05) is 13.8 Å². The van der Waals surface area contributed by atoms with Crippen molar-refractivity contribution < 1.29 is 17.6 Å². The molecule has 2 N–H and O–H groups in total. The SMILES string of the molecule is C=C(NS(=O)(=O)N(C)C)/C(=C\C(=O)N(C)C)Nc1ccc(C)cc1F.CC. The molecule has 0 aromatic heterocycles. The molecular weight excluding hydrogens is 371 g/mol. The van der Waals surface area contributed by atoms with E-state index in [4.69, 9.17) is 0 Å². The summed E-state index contributed by atoms with van der Waals surface area (Å²) >= 11 is 0. The largest absolute Gasteiger partial charge is 0.351 e. The van der Waals surface area contributed by atoms with Gasteiger partial charge < -0.3 is 10.2 Å². The van der Waals surface area contributed by atoms with Crippen LogP contribution in [-0.2, 0) is 15.0 Å². The van der Waals surface area contributed by atoms with Crippen molar-refractivity contribution >= 4 is 21.8 Å². The van der Waals surface area contributed by atoms with E-state index in [0.717, 1.165) is 15.9 Å². The fourth-order valence-corrected chi connectivity index (χ4v) is 2.22. The molecule has 0 aliphatic carbocycles. The molecule has 0 radical (unpaired) electrons. The molecule has 0 fully saturated rings. The number of carbonyl (C=O) groups excluding carboxylic acids is 1. The fourth-order valence-electron chi connectivity index (χ4n) is 1.62. The van der Waals surface area contributed by atoms with Gasteiger partial charge in [-0.1, -0.05) is 26.5 Å². The first-order chi connectivity index (χ1) is 12.4. The molecule has 27 heavy (non-hydrogen) atoms. The maximum absolute atomic E-state index is 14.1. The lowest BCUT2D eigenvalue weighted by molar-refractivity contribution is -0.123. The van der Waals surface area contributed by atoms with Crippen LogP contribution in [0.1, 0.15) is 19.4 Å². The summed E-state index contributed by atoms with van der Waals surface area (Å²) in [6, 6.07) is 4.50. The molecule has 7 nitrogen and oxygen atoms in total. The molecule has 0 saturated heterocycles. The van der Waals surface area contributed by atoms with Gasteiger partial charge in [0.1, 0.15) is 5.82 Å². The Bertz CT molecular complexity index is 803. The van der Waals surface area contributed by atoms with Gasteiger partial charge in [0.15, 0.2) is 0 Å². The van der Waals surface area contributed by atoms with E-state index < -0.39 is 21.9 Å². The summed E-state index contributed by atoms with van der Waals surface area (Å²) in [5.74, 6) is -0.952. The second-order valence-corrected chi connectivity index (χ2v) is 7.65. The van der Waals surface area contributed by atoms with E-state index >= 15 is 0 Å². The highest BCUT2D eigenvalue weighted by molar-refractivity contribution is 7.87. The molecule has 1 aromatic carbocycles. The number of amides is 1. The number of carbonyl (C=O) groups is 1. The van der Waals surface area contributed by atoms with E-state index in [2.05, 4.69) is 16.6 Å². The van der Waals surface area contributed by atoms with Gasteiger partial charge in [-0.05, 0) is 24.6 Å². The minimum atomic E-state index is -3.82. The molecule has 0 heterocycles. The van der Waals surface area contributed by atoms with Gasteiger partial charge in [-0.15, -0.1) is 0 Å². The lowest BCUT2D eigenvalue weighted by Gasteiger charge is -2.19. The zero-order valence-corrected chi connectivity index (χ0v) is 17.7. The Balaban J connectivity index is 0.00000326. The van der Waals surface area contributed by atoms with E-state index in [1.54, 1.807) is 13.0 Å². The molecule has 1 aromatic rings. The third kappa shape index (κ3) is 7.79. The molecule has 1 amide bonds. The van der Waals surface area contributed by atoms with Crippen molar-refractivity contribution in [3.8, 4) is 0 Å². The van der Waals surface area contributed by atoms with Gasteiger partial charge in [0, 0.05) is 34.3 Å². The zero-order chi connectivity index (χ0) is 21.4. The summed E-state index contributed by atoms with van der Waals surface area (Å²) in [4.78, 5) is 13.3. The first-order valence-electron chi connectivity index (χ1n) is 8.29. The van der Waals surface area contributed by atoms with Crippen molar-refractivity contribution in [3.63, 3.8) is 0 Å². The first kappa shape index (κ1) is 24.6. The second kappa shape index (κ2) is 10.7. The molecule has 0 aliphatic rings. The van der Waals surface area contributed by atoms with Gasteiger partial charge in [0.25, 0.3) is 0 Å². The Hall–Kier alpha value is -2.39. The molecule has 0 aliphatic heterocycles. The third-order valence-corrected chi connectivity index (χ3v) is 4.63. The lowest BCUT2D eigenvalue weighted by atomic mass is 10.2. The average molecular weight is 401 g/mol. The molecule has 0 atom stereocenters. The van der Waals surface area contributed by atoms with Crippen molar-refractivity contribution in [2.24, 2.45) is 0 Å². The number of rotatable bonds is 7. The maximum atomic E-state index is 14.1. The predicted octanol–water partition coefficient (Wildman–Crippen LogP) is 2.45. The van der Waals surface area contributed by atoms with Crippen molar-refractivity contribution in [2.75, 3.05) is 33.5 Å². The zero-order valence-electron chi connectivity index (χ0n) is 16.9. The molecule has 0 saturated carbocycles. The highest BCUT2D eigenvalue weighted by atomic mass is 32.2. The van der Waals surface area contributed by atoms with E-state index in [9.17, 15) is 17.6 Å². The topological polar surface area (TPSA) is 81.8 Å². The van der Waals surface area contributed by atoms with E-state index in [0.29, 0.717) is 0 Å². The van der Waals surface area contributed by atoms with Crippen LogP contribution in [0.2, 0.25) is 0 Å². The summed E-state index contributed by atoms with van der Waals surface area (Å²) in [6.45, 7) is 9.38. The highest BCUT2D eigenvalue weighted by Crippen LogP contribution is 2.19. The summed E-state index contributed by atoms with van der Waals surface area (Å²) in [6.07, 6.45) is 1.14. The molecule has 0 bridgehead atoms. The van der Waals surface area contributed by atoms with E-state index in [-0.39, 0.29) is 17.1 Å². The summed E-state index contributed by atoms with van der Waals surface area (Å²) in [5.41, 5.74) is 0.759. The Morgan fingerprint density at radius 2 is 1.74 bits per heavy atom. The van der Waals surface area contributed by atoms with Crippen molar-refractivity contribution in [2.45, 2.75) is 20.8 Å². The normalized spacial score (nSPS) is 11.4. The molecule has 9 heteroatoms. The Morgan fingerprint density at radius 3 is 2.19 bits per heavy atom. The van der Waals surface area contributed by atoms with Crippen LogP contribution in [0.15, 0.2) is 42.2 Å². The number of anilines is 1. The van der Waals surface area contributed by atoms with Crippen molar-refractivity contribution in [3.05, 3.63) is 53.6 Å². The van der Waals surface area contributed by atoms with Crippen LogP contribution in [0.25, 0.3) is 0 Å². The van der Waals surface area contributed by atoms with Crippen LogP contribution < -0.4 is 10.0 Å². The number of benzene rings is 1. The maximum Gasteiger partial charge on any atom is 0.301 e. The van der Waals surface area contributed by atoms with Crippen LogP contribution >= 0.6 is 0 Å². The molecule has 152 valence electrons. The lowest BCUT2D eigenvalue weighted by Crippen LogP contribution is -2.36. The Morgan fingerprint density at radius 1 is 1.19 bits per heavy atom. The second-order valence-electron chi connectivity index (χ2n) is 5.77. The number of nitrogens with zero attached hydrogens (tertiary/aromatic N) is 2. The Kier molecular flexibility index (Phi) is 9.74. The van der Waals surface area contributed by atoms with Gasteiger partial charge in [-0.3, -0.25) is 9.52 Å². The molecule has 0 unspecified atom stereocenters. The van der Waals surface area contributed by atoms with Crippen LogP contribution in [0, 0.1) is 12.7 Å². The molecule has 0 spiro atoms. The number of halogens is 1. The summed E-state index contributed by atoms with van der Waals surface area (Å²) in [5, 5.41) is 2.72. The minimum Gasteiger partial charge on any atom is -0.351 e. The van der Waals surface area contributed by atoms with Crippen LogP contribution in [0.3, 0.4) is 0 Å². The predicted molar refractivity (Wildman–Crippen MR) is 108 cm³/mol. The number of likely N-dealkylation sites (N-methyl/N-ethyl adjacent to an activating group) is 1. The van der Waals surface area contributed by atoms with Gasteiger partial charge in [-0.2, -0.15) is 12.7 Å². The van der Waals surface area contributed by atoms with Gasteiger partial charge in [0.2, 0.25) is 5.91 Å². The number of aryl methyl sites for hydroxylation is 1. The standard InChI is InChI=1S/C16H23FN4O3S.C2H6/c1-11-7-8-14(13(17)9-11)18-15(10-16(22)20(3)4)12(2)19-25(23,24)21(5)6;1-2/h7-10,18-19H,2H2,1,3-6H3;1-2H3/b15-10+;. The number of hydrogen-bond acceptors (Lipinski definition) is 4. The van der Waals surface area contributed by atoms with Gasteiger partial charge in [-0.25, -0.2) is 4.39 Å². The quantitative estimate of drug-likeness (QED) is 0.544. The fraction of sp³-hybridized carbons (Fsp3) is 0.389. The molecular formula is C18H29FN4O3S. The number of hydrogen-bond donors (Lipinski definition) is 2. The average Bonchev–Trinajstić information content (AvgIpc) is 2.57. The van der Waals surface area contributed by atoms with Crippen LogP contribution in [-0.4, -0.2) is 51.7 Å². The smallest absolute Gasteiger partial charge is 0.301 e. The Labute approximate surface area is 161 Å². The van der Waals surface area contributed by atoms with E-state index in [1.165, 1.54) is 45.2 Å². The van der Waals surface area contributed by atoms with Gasteiger partial charge in [0.05, 0.1) is 17.1 Å². The minimum absolute atomic E-state index is 0.0341. The number of nitrogens with one attached hydrogen (secondary N) is 2. The van der Waals surface area contributed by atoms with Gasteiger partial charge >= 0.3 is 10.2 Å². The summed E-state index contributed by atoms with van der Waals surface area (Å²) in [7, 11) is 1.94. The van der Waals surface area contributed by atoms with Crippen molar-refractivity contribution in [1.29, 1.82) is 0 Å². The van der Waals surface area contributed by atoms with Crippen molar-refractivity contribution in [1.82, 2.24) is 13.9 Å². The monoisotopic (exact) mass is 400 g/mol. The summed E-state index contributed by atoms with van der Waals surface area (Å²) < 4.78 is 41.2. The van der Waals surface area contributed by atoms with Crippen LogP contribution in [0.5, 0.6) is 0 Å². The third-order valence-electron chi connectivity index (χ3n) is 3.16. The first-order valence-corrected chi connectivity index (χ1v) is 9.73. The highest BCUT2D eigenvalue weighted by Gasteiger charge is 2.18. The molecule has 1 rings (SSSR count). The van der Waals surface area contributed by atoms with Crippen LogP contribution in [0.4, 0.5) is 10.1 Å².